The second-order valence-corrected chi connectivity index (χ2v) is 4.07. The first-order chi connectivity index (χ1) is 9.29. The normalized spacial score (nSPS) is 11.4. The fourth-order valence-corrected chi connectivity index (χ4v) is 1.71. The average Bonchev–Trinajstić information content (AvgIpc) is 2.47. The van der Waals surface area contributed by atoms with Gasteiger partial charge in [-0.15, -0.1) is 0 Å². The highest BCUT2D eigenvalue weighted by Crippen LogP contribution is 2.22. The first-order valence-corrected chi connectivity index (χ1v) is 6.12. The van der Waals surface area contributed by atoms with Crippen LogP contribution in [0, 0.1) is 0 Å². The van der Waals surface area contributed by atoms with E-state index in [2.05, 4.69) is 0 Å². The Hall–Kier alpha value is -2.13. The average molecular weight is 257 g/mol. The van der Waals surface area contributed by atoms with E-state index in [1.165, 1.54) is 6.08 Å². The number of halogens is 1. The molecular formula is C16H16FNO. The van der Waals surface area contributed by atoms with E-state index in [9.17, 15) is 4.39 Å². The van der Waals surface area contributed by atoms with Crippen LogP contribution in [0.1, 0.15) is 0 Å². The van der Waals surface area contributed by atoms with Crippen LogP contribution in [0.5, 0.6) is 5.75 Å². The molecule has 0 atom stereocenters. The molecule has 0 bridgehead atoms. The molecule has 0 aliphatic carbocycles. The molecule has 98 valence electrons. The molecule has 0 spiro atoms. The van der Waals surface area contributed by atoms with E-state index in [1.54, 1.807) is 0 Å². The van der Waals surface area contributed by atoms with E-state index >= 15 is 0 Å². The van der Waals surface area contributed by atoms with Gasteiger partial charge in [-0.1, -0.05) is 42.5 Å². The van der Waals surface area contributed by atoms with Crippen molar-refractivity contribution in [2.24, 2.45) is 5.73 Å². The molecule has 0 heterocycles. The van der Waals surface area contributed by atoms with Crippen LogP contribution < -0.4 is 10.5 Å². The molecule has 3 heteroatoms. The smallest absolute Gasteiger partial charge is 0.139 e. The summed E-state index contributed by atoms with van der Waals surface area (Å²) in [6.45, 7) is 0.101. The van der Waals surface area contributed by atoms with Gasteiger partial charge in [0.15, 0.2) is 0 Å². The Bertz CT molecular complexity index is 534. The van der Waals surface area contributed by atoms with Crippen LogP contribution in [0.15, 0.2) is 66.5 Å². The molecule has 2 aromatic carbocycles. The van der Waals surface area contributed by atoms with Crippen LogP contribution in [0.25, 0.3) is 11.1 Å². The number of hydrogen-bond donors (Lipinski definition) is 1. The Morgan fingerprint density at radius 2 is 1.63 bits per heavy atom. The molecule has 19 heavy (non-hydrogen) atoms. The molecule has 0 unspecified atom stereocenters. The minimum Gasteiger partial charge on any atom is -0.487 e. The predicted molar refractivity (Wildman–Crippen MR) is 75.6 cm³/mol. The van der Waals surface area contributed by atoms with Crippen LogP contribution in [0.4, 0.5) is 4.39 Å². The topological polar surface area (TPSA) is 35.2 Å². The number of ether oxygens (including phenoxy) is 1. The number of benzene rings is 2. The Morgan fingerprint density at radius 1 is 1.00 bits per heavy atom. The van der Waals surface area contributed by atoms with Gasteiger partial charge in [-0.3, -0.25) is 0 Å². The molecule has 2 aromatic rings. The van der Waals surface area contributed by atoms with E-state index < -0.39 is 0 Å². The summed E-state index contributed by atoms with van der Waals surface area (Å²) in [4.78, 5) is 0. The molecule has 0 radical (unpaired) electrons. The number of nitrogens with two attached hydrogens (primary N) is 1. The molecule has 0 aliphatic heterocycles. The van der Waals surface area contributed by atoms with Gasteiger partial charge in [0, 0.05) is 6.54 Å². The third-order valence-electron chi connectivity index (χ3n) is 2.68. The maximum absolute atomic E-state index is 13.1. The molecule has 0 saturated heterocycles. The molecule has 2 rings (SSSR count). The van der Waals surface area contributed by atoms with Gasteiger partial charge in [0.2, 0.25) is 0 Å². The van der Waals surface area contributed by atoms with Gasteiger partial charge in [-0.2, -0.15) is 0 Å². The van der Waals surface area contributed by atoms with Crippen molar-refractivity contribution in [1.29, 1.82) is 0 Å². The van der Waals surface area contributed by atoms with Crippen LogP contribution in [0.2, 0.25) is 0 Å². The molecule has 0 aromatic heterocycles. The monoisotopic (exact) mass is 257 g/mol. The third kappa shape index (κ3) is 3.93. The van der Waals surface area contributed by atoms with Crippen molar-refractivity contribution in [3.8, 4) is 16.9 Å². The van der Waals surface area contributed by atoms with Crippen LogP contribution in [-0.2, 0) is 0 Å². The zero-order valence-electron chi connectivity index (χ0n) is 10.6. The second kappa shape index (κ2) is 6.71. The predicted octanol–water partition coefficient (Wildman–Crippen LogP) is 3.54. The molecule has 0 fully saturated rings. The zero-order valence-corrected chi connectivity index (χ0v) is 10.6. The van der Waals surface area contributed by atoms with Gasteiger partial charge in [-0.05, 0) is 29.3 Å². The lowest BCUT2D eigenvalue weighted by Crippen LogP contribution is -2.01. The Morgan fingerprint density at radius 3 is 2.26 bits per heavy atom. The third-order valence-corrected chi connectivity index (χ3v) is 2.68. The summed E-state index contributed by atoms with van der Waals surface area (Å²) in [6.07, 6.45) is 1.30. The first kappa shape index (κ1) is 13.3. The Balaban J connectivity index is 2.01. The van der Waals surface area contributed by atoms with Crippen LogP contribution in [-0.4, -0.2) is 13.2 Å². The summed E-state index contributed by atoms with van der Waals surface area (Å²) in [6, 6.07) is 17.6. The van der Waals surface area contributed by atoms with Crippen molar-refractivity contribution >= 4 is 0 Å². The summed E-state index contributed by atoms with van der Waals surface area (Å²) < 4.78 is 18.4. The van der Waals surface area contributed by atoms with Crippen molar-refractivity contribution in [3.63, 3.8) is 0 Å². The molecular weight excluding hydrogens is 241 g/mol. The summed E-state index contributed by atoms with van der Waals surface area (Å²) >= 11 is 0. The minimum absolute atomic E-state index is 0.0815. The summed E-state index contributed by atoms with van der Waals surface area (Å²) in [5, 5.41) is 0. The molecule has 2 N–H and O–H groups in total. The van der Waals surface area contributed by atoms with Crippen molar-refractivity contribution in [3.05, 3.63) is 66.5 Å². The van der Waals surface area contributed by atoms with Crippen molar-refractivity contribution in [2.75, 3.05) is 13.2 Å². The van der Waals surface area contributed by atoms with E-state index in [-0.39, 0.29) is 19.0 Å². The number of hydrogen-bond acceptors (Lipinski definition) is 2. The zero-order chi connectivity index (χ0) is 13.5. The summed E-state index contributed by atoms with van der Waals surface area (Å²) in [7, 11) is 0. The number of rotatable bonds is 5. The fourth-order valence-electron chi connectivity index (χ4n) is 1.71. The first-order valence-electron chi connectivity index (χ1n) is 6.12. The largest absolute Gasteiger partial charge is 0.487 e. The maximum atomic E-state index is 13.1. The summed E-state index contributed by atoms with van der Waals surface area (Å²) in [5.74, 6) is 0.287. The lowest BCUT2D eigenvalue weighted by molar-refractivity contribution is 0.318. The maximum Gasteiger partial charge on any atom is 0.139 e. The van der Waals surface area contributed by atoms with Gasteiger partial charge >= 0.3 is 0 Å². The van der Waals surface area contributed by atoms with Gasteiger partial charge in [0.05, 0.1) is 0 Å². The van der Waals surface area contributed by atoms with Crippen molar-refractivity contribution in [2.45, 2.75) is 0 Å². The highest BCUT2D eigenvalue weighted by Gasteiger charge is 1.99. The second-order valence-electron chi connectivity index (χ2n) is 4.07. The van der Waals surface area contributed by atoms with Crippen molar-refractivity contribution in [1.82, 2.24) is 0 Å². The standard InChI is InChI=1S/C16H16FNO/c17-15(10-11-18)12-19-16-8-6-14(7-9-16)13-4-2-1-3-5-13/h1-10H,11-12,18H2. The Kier molecular flexibility index (Phi) is 4.70. The van der Waals surface area contributed by atoms with E-state index in [1.807, 2.05) is 54.6 Å². The highest BCUT2D eigenvalue weighted by atomic mass is 19.1. The Labute approximate surface area is 112 Å². The van der Waals surface area contributed by atoms with Gasteiger partial charge in [0.1, 0.15) is 18.2 Å². The van der Waals surface area contributed by atoms with E-state index in [0.29, 0.717) is 5.75 Å². The highest BCUT2D eigenvalue weighted by molar-refractivity contribution is 5.63. The molecule has 2 nitrogen and oxygen atoms in total. The van der Waals surface area contributed by atoms with Crippen molar-refractivity contribution < 1.29 is 9.13 Å². The fraction of sp³-hybridized carbons (Fsp3) is 0.125. The molecule has 0 aliphatic rings. The van der Waals surface area contributed by atoms with Gasteiger partial charge < -0.3 is 10.5 Å². The quantitative estimate of drug-likeness (QED) is 0.889. The van der Waals surface area contributed by atoms with E-state index in [0.717, 1.165) is 11.1 Å². The lowest BCUT2D eigenvalue weighted by Gasteiger charge is -2.06. The van der Waals surface area contributed by atoms with Gasteiger partial charge in [-0.25, -0.2) is 4.39 Å². The van der Waals surface area contributed by atoms with Gasteiger partial charge in [0.25, 0.3) is 0 Å². The van der Waals surface area contributed by atoms with E-state index in [4.69, 9.17) is 10.5 Å². The molecule has 0 amide bonds. The van der Waals surface area contributed by atoms with Crippen LogP contribution in [0.3, 0.4) is 0 Å². The molecule has 0 saturated carbocycles. The summed E-state index contributed by atoms with van der Waals surface area (Å²) in [5.41, 5.74) is 7.46. The lowest BCUT2D eigenvalue weighted by atomic mass is 10.1. The SMILES string of the molecule is NCC=C(F)COc1ccc(-c2ccccc2)cc1. The van der Waals surface area contributed by atoms with Crippen LogP contribution >= 0.6 is 0 Å². The minimum atomic E-state index is -0.352.